The van der Waals surface area contributed by atoms with Crippen molar-refractivity contribution in [1.82, 2.24) is 15.3 Å². The first-order valence-electron chi connectivity index (χ1n) is 6.68. The lowest BCUT2D eigenvalue weighted by atomic mass is 10.2. The van der Waals surface area contributed by atoms with Gasteiger partial charge in [0.25, 0.3) is 0 Å². The van der Waals surface area contributed by atoms with Crippen molar-refractivity contribution in [3.05, 3.63) is 18.2 Å². The van der Waals surface area contributed by atoms with Crippen LogP contribution < -0.4 is 19.7 Å². The Bertz CT molecular complexity index is 611. The smallest absolute Gasteiger partial charge is 0.229 e. The number of aromatic nitrogens is 2. The highest BCUT2D eigenvalue weighted by Gasteiger charge is 2.18. The molecule has 0 aliphatic carbocycles. The summed E-state index contributed by atoms with van der Waals surface area (Å²) < 4.78 is 10.8. The molecule has 6 nitrogen and oxygen atoms in total. The van der Waals surface area contributed by atoms with Crippen molar-refractivity contribution in [1.29, 1.82) is 0 Å². The largest absolute Gasteiger partial charge is 0.496 e. The molecule has 1 aliphatic rings. The number of methoxy groups -OCH3 is 2. The molecule has 106 valence electrons. The van der Waals surface area contributed by atoms with Gasteiger partial charge in [0.05, 0.1) is 19.7 Å². The fraction of sp³-hybridized carbons (Fsp3) is 0.429. The van der Waals surface area contributed by atoms with Crippen LogP contribution in [0.2, 0.25) is 0 Å². The lowest BCUT2D eigenvalue weighted by molar-refractivity contribution is 0.393. The van der Waals surface area contributed by atoms with Crippen molar-refractivity contribution in [2.75, 3.05) is 45.3 Å². The van der Waals surface area contributed by atoms with Gasteiger partial charge >= 0.3 is 0 Å². The molecule has 0 saturated carbocycles. The molecule has 0 bridgehead atoms. The molecule has 3 rings (SSSR count). The van der Waals surface area contributed by atoms with Crippen LogP contribution in [-0.2, 0) is 0 Å². The van der Waals surface area contributed by atoms with Gasteiger partial charge in [-0.2, -0.15) is 4.98 Å². The number of hydrogen-bond donors (Lipinski definition) is 1. The standard InChI is InChI=1S/C14H18N4O2/c1-19-11-5-3-4-10-12(11)13(20-2)17-14(16-10)18-8-6-15-7-9-18/h3-5,15H,6-9H2,1-2H3. The average molecular weight is 274 g/mol. The molecule has 20 heavy (non-hydrogen) atoms. The number of piperazine rings is 1. The molecular formula is C14H18N4O2. The van der Waals surface area contributed by atoms with Crippen molar-refractivity contribution in [3.8, 4) is 11.6 Å². The van der Waals surface area contributed by atoms with Gasteiger partial charge in [-0.3, -0.25) is 0 Å². The summed E-state index contributed by atoms with van der Waals surface area (Å²) in [6.07, 6.45) is 0. The number of ether oxygens (including phenoxy) is 2. The van der Waals surface area contributed by atoms with Gasteiger partial charge in [-0.25, -0.2) is 4.98 Å². The van der Waals surface area contributed by atoms with Crippen molar-refractivity contribution in [2.24, 2.45) is 0 Å². The molecule has 0 radical (unpaired) electrons. The highest BCUT2D eigenvalue weighted by Crippen LogP contribution is 2.32. The maximum absolute atomic E-state index is 5.43. The number of nitrogens with zero attached hydrogens (tertiary/aromatic N) is 3. The highest BCUT2D eigenvalue weighted by atomic mass is 16.5. The molecule has 1 aromatic heterocycles. The molecule has 2 aromatic rings. The van der Waals surface area contributed by atoms with Crippen LogP contribution in [0.5, 0.6) is 11.6 Å². The van der Waals surface area contributed by atoms with Crippen molar-refractivity contribution in [2.45, 2.75) is 0 Å². The van der Waals surface area contributed by atoms with Gasteiger partial charge < -0.3 is 19.7 Å². The van der Waals surface area contributed by atoms with Gasteiger partial charge in [-0.1, -0.05) is 6.07 Å². The Balaban J connectivity index is 2.12. The van der Waals surface area contributed by atoms with E-state index in [0.29, 0.717) is 11.8 Å². The summed E-state index contributed by atoms with van der Waals surface area (Å²) in [5, 5.41) is 4.14. The van der Waals surface area contributed by atoms with Crippen LogP contribution in [0.15, 0.2) is 18.2 Å². The van der Waals surface area contributed by atoms with Crippen LogP contribution in [0.4, 0.5) is 5.95 Å². The molecule has 0 spiro atoms. The Morgan fingerprint density at radius 1 is 1.10 bits per heavy atom. The minimum Gasteiger partial charge on any atom is -0.496 e. The van der Waals surface area contributed by atoms with Crippen LogP contribution >= 0.6 is 0 Å². The van der Waals surface area contributed by atoms with Gasteiger partial charge in [0, 0.05) is 26.2 Å². The second-order valence-electron chi connectivity index (χ2n) is 4.62. The van der Waals surface area contributed by atoms with Gasteiger partial charge in [0.1, 0.15) is 11.1 Å². The molecule has 2 heterocycles. The molecule has 0 unspecified atom stereocenters. The Labute approximate surface area is 117 Å². The fourth-order valence-corrected chi connectivity index (χ4v) is 2.43. The lowest BCUT2D eigenvalue weighted by Crippen LogP contribution is -2.44. The van der Waals surface area contributed by atoms with Gasteiger partial charge in [-0.05, 0) is 12.1 Å². The molecule has 1 saturated heterocycles. The van der Waals surface area contributed by atoms with E-state index in [4.69, 9.17) is 9.47 Å². The van der Waals surface area contributed by atoms with E-state index in [-0.39, 0.29) is 0 Å². The molecule has 1 N–H and O–H groups in total. The quantitative estimate of drug-likeness (QED) is 0.903. The Morgan fingerprint density at radius 3 is 2.60 bits per heavy atom. The van der Waals surface area contributed by atoms with E-state index in [1.807, 2.05) is 18.2 Å². The van der Waals surface area contributed by atoms with Crippen LogP contribution in [0.1, 0.15) is 0 Å². The predicted octanol–water partition coefficient (Wildman–Crippen LogP) is 1.06. The first kappa shape index (κ1) is 12.9. The molecule has 1 fully saturated rings. The second-order valence-corrected chi connectivity index (χ2v) is 4.62. The normalized spacial score (nSPS) is 15.4. The van der Waals surface area contributed by atoms with Gasteiger partial charge in [0.2, 0.25) is 11.8 Å². The highest BCUT2D eigenvalue weighted by molar-refractivity contribution is 5.90. The van der Waals surface area contributed by atoms with Crippen LogP contribution in [0.3, 0.4) is 0 Å². The number of hydrogen-bond acceptors (Lipinski definition) is 6. The third kappa shape index (κ3) is 2.22. The zero-order valence-corrected chi connectivity index (χ0v) is 11.7. The Kier molecular flexibility index (Phi) is 3.56. The summed E-state index contributed by atoms with van der Waals surface area (Å²) in [4.78, 5) is 11.3. The van der Waals surface area contributed by atoms with E-state index in [1.54, 1.807) is 14.2 Å². The summed E-state index contributed by atoms with van der Waals surface area (Å²) >= 11 is 0. The zero-order chi connectivity index (χ0) is 13.9. The Hall–Kier alpha value is -2.08. The summed E-state index contributed by atoms with van der Waals surface area (Å²) in [5.41, 5.74) is 0.838. The van der Waals surface area contributed by atoms with E-state index in [9.17, 15) is 0 Å². The topological polar surface area (TPSA) is 59.5 Å². The van der Waals surface area contributed by atoms with Crippen LogP contribution in [0, 0.1) is 0 Å². The Morgan fingerprint density at radius 2 is 1.90 bits per heavy atom. The average Bonchev–Trinajstić information content (AvgIpc) is 2.53. The second kappa shape index (κ2) is 5.50. The minimum absolute atomic E-state index is 0.556. The monoisotopic (exact) mass is 274 g/mol. The van der Waals surface area contributed by atoms with E-state index >= 15 is 0 Å². The number of fused-ring (bicyclic) bond motifs is 1. The maximum atomic E-state index is 5.43. The number of anilines is 1. The zero-order valence-electron chi connectivity index (χ0n) is 11.7. The SMILES string of the molecule is COc1cccc2nc(N3CCNCC3)nc(OC)c12. The summed E-state index contributed by atoms with van der Waals surface area (Å²) in [6, 6.07) is 5.77. The summed E-state index contributed by atoms with van der Waals surface area (Å²) in [6.45, 7) is 3.70. The first-order chi connectivity index (χ1) is 9.83. The number of rotatable bonds is 3. The number of benzene rings is 1. The molecule has 0 atom stereocenters. The van der Waals surface area contributed by atoms with Crippen molar-refractivity contribution in [3.63, 3.8) is 0 Å². The molecule has 1 aliphatic heterocycles. The van der Waals surface area contributed by atoms with Crippen molar-refractivity contribution < 1.29 is 9.47 Å². The van der Waals surface area contributed by atoms with E-state index in [1.165, 1.54) is 0 Å². The third-order valence-electron chi connectivity index (χ3n) is 3.45. The predicted molar refractivity (Wildman–Crippen MR) is 77.7 cm³/mol. The van der Waals surface area contributed by atoms with E-state index in [2.05, 4.69) is 20.2 Å². The van der Waals surface area contributed by atoms with Gasteiger partial charge in [0.15, 0.2) is 0 Å². The molecule has 0 amide bonds. The van der Waals surface area contributed by atoms with Gasteiger partial charge in [-0.15, -0.1) is 0 Å². The minimum atomic E-state index is 0.556. The maximum Gasteiger partial charge on any atom is 0.229 e. The summed E-state index contributed by atoms with van der Waals surface area (Å²) in [5.74, 6) is 2.00. The molecule has 1 aromatic carbocycles. The van der Waals surface area contributed by atoms with Crippen molar-refractivity contribution >= 4 is 16.9 Å². The van der Waals surface area contributed by atoms with Crippen LogP contribution in [-0.4, -0.2) is 50.4 Å². The third-order valence-corrected chi connectivity index (χ3v) is 3.45. The van der Waals surface area contributed by atoms with E-state index in [0.717, 1.165) is 42.8 Å². The number of nitrogens with one attached hydrogen (secondary N) is 1. The molecule has 6 heteroatoms. The lowest BCUT2D eigenvalue weighted by Gasteiger charge is -2.27. The molecular weight excluding hydrogens is 256 g/mol. The fourth-order valence-electron chi connectivity index (χ4n) is 2.43. The first-order valence-corrected chi connectivity index (χ1v) is 6.68. The van der Waals surface area contributed by atoms with Crippen LogP contribution in [0.25, 0.3) is 10.9 Å². The van der Waals surface area contributed by atoms with E-state index < -0.39 is 0 Å². The summed E-state index contributed by atoms with van der Waals surface area (Å²) in [7, 11) is 3.26.